The highest BCUT2D eigenvalue weighted by molar-refractivity contribution is 5.79. The van der Waals surface area contributed by atoms with Crippen LogP contribution in [0.3, 0.4) is 0 Å². The third-order valence-corrected chi connectivity index (χ3v) is 3.57. The summed E-state index contributed by atoms with van der Waals surface area (Å²) >= 11 is 0. The van der Waals surface area contributed by atoms with E-state index in [1.54, 1.807) is 0 Å². The van der Waals surface area contributed by atoms with E-state index in [4.69, 9.17) is 10.5 Å². The fourth-order valence-electron chi connectivity index (χ4n) is 2.47. The monoisotopic (exact) mass is 282 g/mol. The third-order valence-electron chi connectivity index (χ3n) is 3.57. The maximum absolute atomic E-state index is 13.9. The second kappa shape index (κ2) is 5.34. The van der Waals surface area contributed by atoms with E-state index in [0.717, 1.165) is 19.2 Å². The van der Waals surface area contributed by atoms with Gasteiger partial charge in [0.2, 0.25) is 5.95 Å². The van der Waals surface area contributed by atoms with Crippen LogP contribution < -0.4 is 5.73 Å². The Balaban J connectivity index is 1.86. The average Bonchev–Trinajstić information content (AvgIpc) is 2.78. The van der Waals surface area contributed by atoms with E-state index in [9.17, 15) is 8.78 Å². The summed E-state index contributed by atoms with van der Waals surface area (Å²) in [5.74, 6) is -1.57. The van der Waals surface area contributed by atoms with Crippen LogP contribution in [0.2, 0.25) is 0 Å². The Morgan fingerprint density at radius 1 is 1.20 bits per heavy atom. The van der Waals surface area contributed by atoms with Gasteiger partial charge in [0.05, 0.1) is 18.7 Å². The summed E-state index contributed by atoms with van der Waals surface area (Å²) < 4.78 is 34.1. The number of hydrogen-bond donors (Lipinski definition) is 1. The van der Waals surface area contributed by atoms with Gasteiger partial charge in [-0.2, -0.15) is 0 Å². The number of halogens is 2. The third kappa shape index (κ3) is 2.34. The Morgan fingerprint density at radius 3 is 2.70 bits per heavy atom. The standard InChI is InChI=1S/C13H16F2N4O/c14-9-1-2-10-12(11(9)15)19(13(16)17-10)4-3-18-5-7-20-8-6-18/h1-2H,3-8H2,(H2,16,17). The van der Waals surface area contributed by atoms with Crippen LogP contribution in [0.25, 0.3) is 11.0 Å². The molecule has 5 nitrogen and oxygen atoms in total. The van der Waals surface area contributed by atoms with Crippen molar-refractivity contribution in [1.82, 2.24) is 14.5 Å². The van der Waals surface area contributed by atoms with E-state index in [2.05, 4.69) is 9.88 Å². The van der Waals surface area contributed by atoms with Crippen molar-refractivity contribution >= 4 is 17.0 Å². The van der Waals surface area contributed by atoms with Gasteiger partial charge < -0.3 is 15.0 Å². The number of fused-ring (bicyclic) bond motifs is 1. The molecule has 20 heavy (non-hydrogen) atoms. The molecule has 1 aliphatic heterocycles. The molecule has 2 N–H and O–H groups in total. The molecule has 1 aliphatic rings. The zero-order valence-corrected chi connectivity index (χ0v) is 11.0. The first-order valence-electron chi connectivity index (χ1n) is 6.56. The normalized spacial score (nSPS) is 16.9. The molecule has 0 spiro atoms. The van der Waals surface area contributed by atoms with Crippen molar-refractivity contribution in [2.24, 2.45) is 0 Å². The Morgan fingerprint density at radius 2 is 1.95 bits per heavy atom. The van der Waals surface area contributed by atoms with Crippen molar-refractivity contribution in [3.63, 3.8) is 0 Å². The summed E-state index contributed by atoms with van der Waals surface area (Å²) in [4.78, 5) is 6.27. The van der Waals surface area contributed by atoms with Crippen LogP contribution in [-0.4, -0.2) is 47.3 Å². The first kappa shape index (κ1) is 13.3. The second-order valence-electron chi connectivity index (χ2n) is 4.80. The van der Waals surface area contributed by atoms with Crippen LogP contribution >= 0.6 is 0 Å². The van der Waals surface area contributed by atoms with E-state index in [0.29, 0.717) is 31.8 Å². The Bertz CT molecular complexity index is 622. The van der Waals surface area contributed by atoms with Gasteiger partial charge >= 0.3 is 0 Å². The number of rotatable bonds is 3. The molecule has 0 saturated carbocycles. The summed E-state index contributed by atoms with van der Waals surface area (Å²) in [6.45, 7) is 4.25. The van der Waals surface area contributed by atoms with Gasteiger partial charge in [-0.05, 0) is 12.1 Å². The van der Waals surface area contributed by atoms with E-state index in [1.165, 1.54) is 10.6 Å². The number of ether oxygens (including phenoxy) is 1. The maximum Gasteiger partial charge on any atom is 0.201 e. The van der Waals surface area contributed by atoms with Gasteiger partial charge in [-0.1, -0.05) is 0 Å². The molecule has 2 aromatic rings. The predicted molar refractivity (Wildman–Crippen MR) is 71.3 cm³/mol. The minimum atomic E-state index is -0.895. The first-order valence-corrected chi connectivity index (χ1v) is 6.56. The summed E-state index contributed by atoms with van der Waals surface area (Å²) in [7, 11) is 0. The molecule has 1 aromatic carbocycles. The van der Waals surface area contributed by atoms with Crippen LogP contribution in [0.1, 0.15) is 0 Å². The van der Waals surface area contributed by atoms with Gasteiger partial charge in [-0.3, -0.25) is 4.90 Å². The lowest BCUT2D eigenvalue weighted by Gasteiger charge is -2.26. The highest BCUT2D eigenvalue weighted by Crippen LogP contribution is 2.23. The van der Waals surface area contributed by atoms with Gasteiger partial charge in [-0.25, -0.2) is 13.8 Å². The summed E-state index contributed by atoms with van der Waals surface area (Å²) in [6.07, 6.45) is 0. The topological polar surface area (TPSA) is 56.3 Å². The largest absolute Gasteiger partial charge is 0.379 e. The van der Waals surface area contributed by atoms with Crippen molar-refractivity contribution in [3.8, 4) is 0 Å². The zero-order valence-electron chi connectivity index (χ0n) is 11.0. The number of aromatic nitrogens is 2. The second-order valence-corrected chi connectivity index (χ2v) is 4.80. The maximum atomic E-state index is 13.9. The van der Waals surface area contributed by atoms with Gasteiger partial charge in [0.25, 0.3) is 0 Å². The number of hydrogen-bond acceptors (Lipinski definition) is 4. The van der Waals surface area contributed by atoms with Gasteiger partial charge in [0.1, 0.15) is 5.52 Å². The number of benzene rings is 1. The molecule has 0 amide bonds. The lowest BCUT2D eigenvalue weighted by molar-refractivity contribution is 0.0366. The molecule has 0 radical (unpaired) electrons. The lowest BCUT2D eigenvalue weighted by atomic mass is 10.3. The number of morpholine rings is 1. The Hall–Kier alpha value is -1.73. The zero-order chi connectivity index (χ0) is 14.1. The summed E-state index contributed by atoms with van der Waals surface area (Å²) in [5, 5.41) is 0. The summed E-state index contributed by atoms with van der Waals surface area (Å²) in [5.41, 5.74) is 6.32. The van der Waals surface area contributed by atoms with Crippen LogP contribution in [-0.2, 0) is 11.3 Å². The number of nitrogen functional groups attached to an aromatic ring is 1. The molecule has 1 aromatic heterocycles. The van der Waals surface area contributed by atoms with Crippen LogP contribution in [0, 0.1) is 11.6 Å². The SMILES string of the molecule is Nc1nc2ccc(F)c(F)c2n1CCN1CCOCC1. The molecule has 2 heterocycles. The molecule has 3 rings (SSSR count). The van der Waals surface area contributed by atoms with Crippen molar-refractivity contribution in [2.45, 2.75) is 6.54 Å². The smallest absolute Gasteiger partial charge is 0.201 e. The molecule has 0 bridgehead atoms. The van der Waals surface area contributed by atoms with Crippen LogP contribution in [0.5, 0.6) is 0 Å². The average molecular weight is 282 g/mol. The van der Waals surface area contributed by atoms with Gasteiger partial charge in [0.15, 0.2) is 11.6 Å². The van der Waals surface area contributed by atoms with Crippen molar-refractivity contribution in [3.05, 3.63) is 23.8 Å². The van der Waals surface area contributed by atoms with E-state index in [-0.39, 0.29) is 11.5 Å². The van der Waals surface area contributed by atoms with Crippen LogP contribution in [0.4, 0.5) is 14.7 Å². The molecule has 1 fully saturated rings. The fraction of sp³-hybridized carbons (Fsp3) is 0.462. The minimum absolute atomic E-state index is 0.135. The van der Waals surface area contributed by atoms with Gasteiger partial charge in [-0.15, -0.1) is 0 Å². The molecule has 0 aliphatic carbocycles. The molecule has 1 saturated heterocycles. The van der Waals surface area contributed by atoms with Crippen LogP contribution in [0.15, 0.2) is 12.1 Å². The van der Waals surface area contributed by atoms with E-state index >= 15 is 0 Å². The van der Waals surface area contributed by atoms with E-state index < -0.39 is 11.6 Å². The number of anilines is 1. The minimum Gasteiger partial charge on any atom is -0.379 e. The number of imidazole rings is 1. The van der Waals surface area contributed by atoms with E-state index in [1.807, 2.05) is 0 Å². The highest BCUT2D eigenvalue weighted by Gasteiger charge is 2.17. The number of nitrogens with zero attached hydrogens (tertiary/aromatic N) is 3. The Labute approximate surface area is 114 Å². The fourth-order valence-corrected chi connectivity index (χ4v) is 2.47. The quantitative estimate of drug-likeness (QED) is 0.920. The van der Waals surface area contributed by atoms with Gasteiger partial charge in [0, 0.05) is 26.2 Å². The molecular formula is C13H16F2N4O. The molecule has 108 valence electrons. The predicted octanol–water partition coefficient (Wildman–Crippen LogP) is 1.23. The van der Waals surface area contributed by atoms with Crippen molar-refractivity contribution in [1.29, 1.82) is 0 Å². The highest BCUT2D eigenvalue weighted by atomic mass is 19.2. The lowest BCUT2D eigenvalue weighted by Crippen LogP contribution is -2.38. The molecule has 0 unspecified atom stereocenters. The van der Waals surface area contributed by atoms with Crippen molar-refractivity contribution in [2.75, 3.05) is 38.6 Å². The number of nitrogens with two attached hydrogens (primary N) is 1. The molecule has 0 atom stereocenters. The molecular weight excluding hydrogens is 266 g/mol. The van der Waals surface area contributed by atoms with Crippen molar-refractivity contribution < 1.29 is 13.5 Å². The molecule has 7 heteroatoms. The first-order chi connectivity index (χ1) is 9.66. The summed E-state index contributed by atoms with van der Waals surface area (Å²) in [6, 6.07) is 2.51. The Kier molecular flexibility index (Phi) is 3.54.